The van der Waals surface area contributed by atoms with Crippen molar-refractivity contribution in [2.75, 3.05) is 0 Å². The van der Waals surface area contributed by atoms with Crippen LogP contribution in [-0.2, 0) is 20.1 Å². The van der Waals surface area contributed by atoms with Crippen LogP contribution in [0.5, 0.6) is 0 Å². The second kappa shape index (κ2) is 16.1. The maximum absolute atomic E-state index is 3.18. The summed E-state index contributed by atoms with van der Waals surface area (Å²) in [7, 11) is -2.32. The predicted octanol–water partition coefficient (Wildman–Crippen LogP) is 5.84. The molecule has 0 N–H and O–H groups in total. The number of hydrogen-bond acceptors (Lipinski definition) is 0. The molecule has 0 aromatic heterocycles. The summed E-state index contributed by atoms with van der Waals surface area (Å²) in [5, 5.41) is 5.59. The molecule has 0 radical (unpaired) electrons. The zero-order chi connectivity index (χ0) is 25.4. The first-order valence-corrected chi connectivity index (χ1v) is 14.4. The average Bonchev–Trinajstić information content (AvgIpc) is 3.02. The van der Waals surface area contributed by atoms with Gasteiger partial charge in [0.25, 0.3) is 0 Å². The Morgan fingerprint density at radius 2 is 0.553 bits per heavy atom. The average molecular weight is 682 g/mol. The Hall–Kier alpha value is -3.81. The number of rotatable bonds is 4. The van der Waals surface area contributed by atoms with E-state index in [1.54, 1.807) is 0 Å². The van der Waals surface area contributed by atoms with E-state index in [1.807, 2.05) is 72.8 Å². The standard InChI is InChI=1S/C24H19Si.2C6H5.Ir/c1-5-13-21(14-6-1)25(22-15-7-2-8-16-22,23-17-9-3-10-18-23)24-19-11-4-12-20-24;2*1-2-4-6-5-3-1;/h1-3,5-20H;2*1-5H;/q3*-1;+3. The fourth-order valence-corrected chi connectivity index (χ4v) is 9.13. The molecule has 0 aliphatic carbocycles. The van der Waals surface area contributed by atoms with Crippen molar-refractivity contribution in [3.05, 3.63) is 194 Å². The van der Waals surface area contributed by atoms with Gasteiger partial charge in [-0.15, -0.1) is 0 Å². The molecule has 0 nitrogen and oxygen atoms in total. The maximum Gasteiger partial charge on any atom is 3.00 e. The molecule has 0 heterocycles. The van der Waals surface area contributed by atoms with Crippen LogP contribution < -0.4 is 20.7 Å². The summed E-state index contributed by atoms with van der Waals surface area (Å²) in [6.07, 6.45) is 0. The molecule has 0 bridgehead atoms. The van der Waals surface area contributed by atoms with Gasteiger partial charge in [-0.1, -0.05) is 91.0 Å². The van der Waals surface area contributed by atoms with E-state index in [-0.39, 0.29) is 20.1 Å². The minimum absolute atomic E-state index is 0. The van der Waals surface area contributed by atoms with Crippen LogP contribution in [-0.4, -0.2) is 8.07 Å². The van der Waals surface area contributed by atoms with Crippen molar-refractivity contribution in [2.24, 2.45) is 0 Å². The van der Waals surface area contributed by atoms with Gasteiger partial charge in [-0.3, -0.25) is 0 Å². The molecule has 0 unspecified atom stereocenters. The first-order valence-electron chi connectivity index (χ1n) is 12.4. The van der Waals surface area contributed by atoms with Crippen molar-refractivity contribution in [1.82, 2.24) is 0 Å². The fourth-order valence-electron chi connectivity index (χ4n) is 4.39. The summed E-state index contributed by atoms with van der Waals surface area (Å²) in [5.41, 5.74) is 0. The Kier molecular flexibility index (Phi) is 12.2. The Labute approximate surface area is 242 Å². The van der Waals surface area contributed by atoms with Crippen molar-refractivity contribution >= 4 is 28.8 Å². The molecule has 0 atom stereocenters. The van der Waals surface area contributed by atoms with E-state index >= 15 is 0 Å². The van der Waals surface area contributed by atoms with Crippen LogP contribution in [0.1, 0.15) is 0 Å². The third-order valence-electron chi connectivity index (χ3n) is 5.99. The summed E-state index contributed by atoms with van der Waals surface area (Å²) in [6.45, 7) is 0. The molecule has 0 fully saturated rings. The van der Waals surface area contributed by atoms with Crippen LogP contribution in [0.4, 0.5) is 0 Å². The normalized spacial score (nSPS) is 9.89. The molecule has 2 heteroatoms. The second-order valence-corrected chi connectivity index (χ2v) is 12.1. The van der Waals surface area contributed by atoms with Gasteiger partial charge in [-0.05, 0) is 15.6 Å². The second-order valence-electron chi connectivity index (χ2n) is 8.29. The van der Waals surface area contributed by atoms with Gasteiger partial charge in [0.2, 0.25) is 0 Å². The van der Waals surface area contributed by atoms with Gasteiger partial charge in [-0.25, -0.2) is 0 Å². The van der Waals surface area contributed by atoms with Gasteiger partial charge < -0.3 is 0 Å². The minimum Gasteiger partial charge on any atom is -0.184 e. The molecule has 186 valence electrons. The van der Waals surface area contributed by atoms with Crippen molar-refractivity contribution in [2.45, 2.75) is 0 Å². The summed E-state index contributed by atoms with van der Waals surface area (Å²) in [6, 6.07) is 69.6. The molecule has 0 spiro atoms. The van der Waals surface area contributed by atoms with E-state index in [2.05, 4.69) is 121 Å². The van der Waals surface area contributed by atoms with Crippen LogP contribution >= 0.6 is 0 Å². The fraction of sp³-hybridized carbons (Fsp3) is 0. The van der Waals surface area contributed by atoms with Gasteiger partial charge in [0.1, 0.15) is 0 Å². The zero-order valence-corrected chi connectivity index (χ0v) is 24.5. The topological polar surface area (TPSA) is 0 Å². The van der Waals surface area contributed by atoms with E-state index < -0.39 is 8.07 Å². The van der Waals surface area contributed by atoms with E-state index in [9.17, 15) is 0 Å². The van der Waals surface area contributed by atoms with Crippen molar-refractivity contribution in [3.8, 4) is 0 Å². The molecular formula is C36H29IrSi. The van der Waals surface area contributed by atoms with Gasteiger partial charge in [0, 0.05) is 0 Å². The summed E-state index contributed by atoms with van der Waals surface area (Å²) < 4.78 is 0. The van der Waals surface area contributed by atoms with Gasteiger partial charge >= 0.3 is 20.1 Å². The molecule has 6 aromatic carbocycles. The van der Waals surface area contributed by atoms with Gasteiger partial charge in [0.05, 0.1) is 0 Å². The van der Waals surface area contributed by atoms with Crippen LogP contribution in [0, 0.1) is 18.2 Å². The molecule has 6 aromatic rings. The third-order valence-corrected chi connectivity index (χ3v) is 10.8. The number of hydrogen-bond donors (Lipinski definition) is 0. The zero-order valence-electron chi connectivity index (χ0n) is 21.1. The van der Waals surface area contributed by atoms with Crippen LogP contribution in [0.2, 0.25) is 0 Å². The maximum atomic E-state index is 3.18. The molecule has 0 amide bonds. The Bertz CT molecular complexity index is 1130. The summed E-state index contributed by atoms with van der Waals surface area (Å²) in [4.78, 5) is 0. The number of benzene rings is 6. The van der Waals surface area contributed by atoms with Gasteiger partial charge in [0.15, 0.2) is 8.07 Å². The Morgan fingerprint density at radius 1 is 0.289 bits per heavy atom. The smallest absolute Gasteiger partial charge is 0.184 e. The predicted molar refractivity (Wildman–Crippen MR) is 159 cm³/mol. The van der Waals surface area contributed by atoms with E-state index in [0.717, 1.165) is 0 Å². The SMILES string of the molecule is [Ir+3].[c-]1ccc([Si](c2ccccc2)(c2ccccc2)c2ccccc2)cc1.[c-]1ccccc1.[c-]1ccccc1. The van der Waals surface area contributed by atoms with Crippen molar-refractivity contribution < 1.29 is 20.1 Å². The molecular weight excluding hydrogens is 653 g/mol. The first kappa shape index (κ1) is 28.8. The summed E-state index contributed by atoms with van der Waals surface area (Å²) in [5.74, 6) is 0. The first-order chi connectivity index (χ1) is 18.4. The molecule has 6 rings (SSSR count). The van der Waals surface area contributed by atoms with E-state index in [1.165, 1.54) is 20.7 Å². The van der Waals surface area contributed by atoms with E-state index in [4.69, 9.17) is 0 Å². The Balaban J connectivity index is 0.000000253. The largest absolute Gasteiger partial charge is 3.00 e. The van der Waals surface area contributed by atoms with Gasteiger partial charge in [-0.2, -0.15) is 108 Å². The van der Waals surface area contributed by atoms with E-state index in [0.29, 0.717) is 0 Å². The van der Waals surface area contributed by atoms with Crippen molar-refractivity contribution in [3.63, 3.8) is 0 Å². The molecule has 0 saturated carbocycles. The Morgan fingerprint density at radius 3 is 0.816 bits per heavy atom. The molecule has 0 aliphatic heterocycles. The van der Waals surface area contributed by atoms with Crippen LogP contribution in [0.15, 0.2) is 176 Å². The molecule has 0 saturated heterocycles. The molecule has 0 aliphatic rings. The van der Waals surface area contributed by atoms with Crippen LogP contribution in [0.3, 0.4) is 0 Å². The van der Waals surface area contributed by atoms with Crippen molar-refractivity contribution in [1.29, 1.82) is 0 Å². The quantitative estimate of drug-likeness (QED) is 0.125. The third kappa shape index (κ3) is 7.60. The summed E-state index contributed by atoms with van der Waals surface area (Å²) >= 11 is 0. The van der Waals surface area contributed by atoms with Crippen LogP contribution in [0.25, 0.3) is 0 Å². The monoisotopic (exact) mass is 682 g/mol. The molecule has 38 heavy (non-hydrogen) atoms. The minimum atomic E-state index is -2.32.